The number of urea groups is 1. The van der Waals surface area contributed by atoms with Gasteiger partial charge in [0.1, 0.15) is 17.2 Å². The van der Waals surface area contributed by atoms with Crippen LogP contribution in [0.15, 0.2) is 5.16 Å². The lowest BCUT2D eigenvalue weighted by molar-refractivity contribution is -0.129. The van der Waals surface area contributed by atoms with Gasteiger partial charge >= 0.3 is 12.0 Å². The van der Waals surface area contributed by atoms with Crippen molar-refractivity contribution in [3.63, 3.8) is 0 Å². The van der Waals surface area contributed by atoms with Gasteiger partial charge in [0.2, 0.25) is 11.8 Å². The lowest BCUT2D eigenvalue weighted by Crippen LogP contribution is -2.57. The Hall–Kier alpha value is -2.90. The van der Waals surface area contributed by atoms with Crippen LogP contribution in [0.1, 0.15) is 51.9 Å². The Labute approximate surface area is 178 Å². The van der Waals surface area contributed by atoms with Crippen molar-refractivity contribution in [1.82, 2.24) is 15.5 Å². The van der Waals surface area contributed by atoms with E-state index in [0.29, 0.717) is 25.7 Å². The minimum absolute atomic E-state index is 0.0704. The molecule has 1 saturated carbocycles. The van der Waals surface area contributed by atoms with Gasteiger partial charge in [-0.2, -0.15) is 0 Å². The molecule has 1 spiro atoms. The maximum atomic E-state index is 14.0. The van der Waals surface area contributed by atoms with E-state index in [9.17, 15) is 23.2 Å². The first kappa shape index (κ1) is 22.8. The zero-order valence-electron chi connectivity index (χ0n) is 17.2. The van der Waals surface area contributed by atoms with Crippen LogP contribution in [0.4, 0.5) is 13.6 Å². The smallest absolute Gasteiger partial charge is 0.353 e. The number of carboxylic acid groups (broad SMARTS) is 1. The Bertz CT molecular complexity index is 826. The van der Waals surface area contributed by atoms with Gasteiger partial charge in [-0.1, -0.05) is 18.0 Å². The topological polar surface area (TPSA) is 120 Å². The number of amides is 3. The van der Waals surface area contributed by atoms with E-state index >= 15 is 0 Å². The van der Waals surface area contributed by atoms with Gasteiger partial charge in [-0.3, -0.25) is 4.79 Å². The number of rotatable bonds is 7. The highest BCUT2D eigenvalue weighted by molar-refractivity contribution is 6.36. The van der Waals surface area contributed by atoms with E-state index in [0.717, 1.165) is 0 Å². The zero-order valence-corrected chi connectivity index (χ0v) is 17.2. The highest BCUT2D eigenvalue weighted by Gasteiger charge is 2.47. The molecule has 0 radical (unpaired) electrons. The van der Waals surface area contributed by atoms with Gasteiger partial charge in [0.05, 0.1) is 0 Å². The summed E-state index contributed by atoms with van der Waals surface area (Å²) in [6, 6.07) is -2.08. The fraction of sp³-hybridized carbons (Fsp3) is 0.700. The Balaban J connectivity index is 1.59. The molecule has 1 aliphatic carbocycles. The van der Waals surface area contributed by atoms with Crippen molar-refractivity contribution in [2.24, 2.45) is 5.16 Å². The number of carbonyl (C=O) groups excluding carboxylic acids is 2. The largest absolute Gasteiger partial charge is 0.477 e. The standard InChI is InChI=1S/C20H26F2N4O5/c1-3-18(5-6-18)24-15(27)13(12-20(21,22)4-2)23-17(30)26-9-7-19(8-10-26)11-14(16(28)29)25-31-19/h1,13H,4-12H2,2H3,(H,23,30)(H,24,27)(H,28,29)/t13-/m0/s1. The lowest BCUT2D eigenvalue weighted by Gasteiger charge is -2.37. The Morgan fingerprint density at radius 2 is 1.97 bits per heavy atom. The van der Waals surface area contributed by atoms with Crippen molar-refractivity contribution in [2.75, 3.05) is 13.1 Å². The maximum Gasteiger partial charge on any atom is 0.353 e. The molecule has 3 aliphatic rings. The van der Waals surface area contributed by atoms with Crippen molar-refractivity contribution >= 4 is 23.6 Å². The number of aliphatic carboxylic acids is 1. The van der Waals surface area contributed by atoms with Gasteiger partial charge in [-0.05, 0) is 12.8 Å². The zero-order chi connectivity index (χ0) is 22.9. The molecule has 31 heavy (non-hydrogen) atoms. The SMILES string of the molecule is C#CC1(NC(=O)[C@H](CC(F)(F)CC)NC(=O)N2CCC3(CC2)CC(C(=O)O)=NO3)CC1. The molecule has 2 heterocycles. The third-order valence-electron chi connectivity index (χ3n) is 6.07. The van der Waals surface area contributed by atoms with Crippen molar-refractivity contribution in [3.8, 4) is 12.3 Å². The summed E-state index contributed by atoms with van der Waals surface area (Å²) < 4.78 is 28.1. The minimum Gasteiger partial charge on any atom is -0.477 e. The number of nitrogens with zero attached hydrogens (tertiary/aromatic N) is 2. The first-order chi connectivity index (χ1) is 14.5. The van der Waals surface area contributed by atoms with Crippen LogP contribution in [0, 0.1) is 12.3 Å². The molecule has 2 fully saturated rings. The third-order valence-corrected chi connectivity index (χ3v) is 6.07. The molecule has 1 atom stereocenters. The fourth-order valence-corrected chi connectivity index (χ4v) is 3.67. The van der Waals surface area contributed by atoms with E-state index in [2.05, 4.69) is 21.7 Å². The number of alkyl halides is 2. The van der Waals surface area contributed by atoms with Crippen LogP contribution in [-0.4, -0.2) is 69.8 Å². The van der Waals surface area contributed by atoms with E-state index < -0.39 is 53.9 Å². The lowest BCUT2D eigenvalue weighted by atomic mass is 9.87. The summed E-state index contributed by atoms with van der Waals surface area (Å²) in [5, 5.41) is 17.6. The van der Waals surface area contributed by atoms with Gasteiger partial charge in [0.25, 0.3) is 0 Å². The summed E-state index contributed by atoms with van der Waals surface area (Å²) in [7, 11) is 0. The van der Waals surface area contributed by atoms with Gasteiger partial charge in [0.15, 0.2) is 5.71 Å². The van der Waals surface area contributed by atoms with Crippen molar-refractivity contribution in [2.45, 2.75) is 75.0 Å². The molecule has 170 valence electrons. The average molecular weight is 440 g/mol. The van der Waals surface area contributed by atoms with Crippen LogP contribution in [0.25, 0.3) is 0 Å². The predicted octanol–water partition coefficient (Wildman–Crippen LogP) is 1.48. The van der Waals surface area contributed by atoms with Gasteiger partial charge < -0.3 is 25.5 Å². The number of hydrogen-bond donors (Lipinski definition) is 3. The van der Waals surface area contributed by atoms with E-state index in [-0.39, 0.29) is 25.2 Å². The molecular formula is C20H26F2N4O5. The summed E-state index contributed by atoms with van der Waals surface area (Å²) in [6.07, 6.45) is 6.04. The summed E-state index contributed by atoms with van der Waals surface area (Å²) in [5.74, 6) is -2.55. The number of nitrogens with one attached hydrogen (secondary N) is 2. The number of likely N-dealkylation sites (tertiary alicyclic amines) is 1. The van der Waals surface area contributed by atoms with Crippen molar-refractivity contribution < 1.29 is 33.1 Å². The third kappa shape index (κ3) is 5.24. The number of carbonyl (C=O) groups is 3. The maximum absolute atomic E-state index is 14.0. The van der Waals surface area contributed by atoms with E-state index in [1.54, 1.807) is 0 Å². The van der Waals surface area contributed by atoms with Gasteiger partial charge in [-0.15, -0.1) is 6.42 Å². The molecule has 0 aromatic rings. The van der Waals surface area contributed by atoms with Crippen molar-refractivity contribution in [3.05, 3.63) is 0 Å². The van der Waals surface area contributed by atoms with Crippen LogP contribution >= 0.6 is 0 Å². The summed E-state index contributed by atoms with van der Waals surface area (Å²) >= 11 is 0. The second kappa shape index (κ2) is 8.32. The molecular weight excluding hydrogens is 414 g/mol. The molecule has 3 amide bonds. The van der Waals surface area contributed by atoms with Crippen LogP contribution in [0.2, 0.25) is 0 Å². The molecule has 3 N–H and O–H groups in total. The Morgan fingerprint density at radius 3 is 2.45 bits per heavy atom. The monoisotopic (exact) mass is 440 g/mol. The van der Waals surface area contributed by atoms with Gasteiger partial charge in [-0.25, -0.2) is 18.4 Å². The normalized spacial score (nSPS) is 22.0. The second-order valence-electron chi connectivity index (χ2n) is 8.41. The first-order valence-corrected chi connectivity index (χ1v) is 10.2. The van der Waals surface area contributed by atoms with E-state index in [1.807, 2.05) is 0 Å². The number of hydrogen-bond acceptors (Lipinski definition) is 5. The fourth-order valence-electron chi connectivity index (χ4n) is 3.67. The second-order valence-corrected chi connectivity index (χ2v) is 8.41. The number of piperidine rings is 1. The highest BCUT2D eigenvalue weighted by atomic mass is 19.3. The summed E-state index contributed by atoms with van der Waals surface area (Å²) in [6.45, 7) is 1.72. The Kier molecular flexibility index (Phi) is 6.11. The molecule has 0 bridgehead atoms. The molecule has 0 aromatic carbocycles. The molecule has 11 heteroatoms. The highest BCUT2D eigenvalue weighted by Crippen LogP contribution is 2.36. The summed E-state index contributed by atoms with van der Waals surface area (Å²) in [4.78, 5) is 43.1. The van der Waals surface area contributed by atoms with Crippen LogP contribution < -0.4 is 10.6 Å². The number of terminal acetylenes is 1. The number of carboxylic acids is 1. The molecule has 1 saturated heterocycles. The van der Waals surface area contributed by atoms with Gasteiger partial charge in [0, 0.05) is 45.2 Å². The number of oxime groups is 1. The van der Waals surface area contributed by atoms with E-state index in [4.69, 9.17) is 16.4 Å². The first-order valence-electron chi connectivity index (χ1n) is 10.2. The van der Waals surface area contributed by atoms with Crippen molar-refractivity contribution in [1.29, 1.82) is 0 Å². The predicted molar refractivity (Wildman–Crippen MR) is 105 cm³/mol. The summed E-state index contributed by atoms with van der Waals surface area (Å²) in [5.41, 5.74) is -1.67. The molecule has 2 aliphatic heterocycles. The van der Waals surface area contributed by atoms with E-state index in [1.165, 1.54) is 11.8 Å². The average Bonchev–Trinajstić information content (AvgIpc) is 3.38. The van der Waals surface area contributed by atoms with Crippen LogP contribution in [0.5, 0.6) is 0 Å². The molecule has 9 nitrogen and oxygen atoms in total. The number of halogens is 2. The molecule has 0 unspecified atom stereocenters. The van der Waals surface area contributed by atoms with Crippen LogP contribution in [-0.2, 0) is 14.4 Å². The Morgan fingerprint density at radius 1 is 1.32 bits per heavy atom. The quantitative estimate of drug-likeness (QED) is 0.518. The molecule has 3 rings (SSSR count). The molecule has 0 aromatic heterocycles. The minimum atomic E-state index is -3.13. The van der Waals surface area contributed by atoms with Crippen LogP contribution in [0.3, 0.4) is 0 Å².